The molecule has 0 heterocycles. The molecule has 13 heavy (non-hydrogen) atoms. The molecule has 0 unspecified atom stereocenters. The first kappa shape index (κ1) is 6.90. The zero-order chi connectivity index (χ0) is 8.67. The lowest BCUT2D eigenvalue weighted by Crippen LogP contribution is -1.87. The Morgan fingerprint density at radius 1 is 1.08 bits per heavy atom. The van der Waals surface area contributed by atoms with Crippen LogP contribution in [0.1, 0.15) is 11.1 Å². The van der Waals surface area contributed by atoms with Crippen LogP contribution < -0.4 is 0 Å². The van der Waals surface area contributed by atoms with Crippen LogP contribution in [0.25, 0.3) is 11.6 Å². The molecule has 0 saturated heterocycles. The lowest BCUT2D eigenvalue weighted by Gasteiger charge is -2.06. The number of allylic oxidation sites excluding steroid dienone is 5. The highest BCUT2D eigenvalue weighted by atomic mass is 14.2. The van der Waals surface area contributed by atoms with Crippen LogP contribution in [0, 0.1) is 6.42 Å². The molecule has 0 amide bonds. The molecule has 0 aliphatic heterocycles. The van der Waals surface area contributed by atoms with Gasteiger partial charge in [0.15, 0.2) is 0 Å². The molecule has 1 aromatic carbocycles. The van der Waals surface area contributed by atoms with Gasteiger partial charge in [0, 0.05) is 6.42 Å². The highest BCUT2D eigenvalue weighted by Gasteiger charge is 2.18. The van der Waals surface area contributed by atoms with Gasteiger partial charge < -0.3 is 0 Å². The van der Waals surface area contributed by atoms with Crippen LogP contribution in [0.4, 0.5) is 0 Å². The minimum atomic E-state index is 1.21. The van der Waals surface area contributed by atoms with E-state index in [2.05, 4.69) is 42.8 Å². The molecule has 0 aromatic heterocycles. The summed E-state index contributed by atoms with van der Waals surface area (Å²) in [6.07, 6.45) is 11.6. The van der Waals surface area contributed by atoms with Gasteiger partial charge in [-0.3, -0.25) is 0 Å². The van der Waals surface area contributed by atoms with Crippen molar-refractivity contribution in [2.75, 3.05) is 0 Å². The normalized spacial score (nSPS) is 17.5. The van der Waals surface area contributed by atoms with Crippen molar-refractivity contribution in [1.82, 2.24) is 0 Å². The summed E-state index contributed by atoms with van der Waals surface area (Å²) in [4.78, 5) is 0. The molecule has 0 nitrogen and oxygen atoms in total. The van der Waals surface area contributed by atoms with E-state index in [0.717, 1.165) is 0 Å². The van der Waals surface area contributed by atoms with Crippen LogP contribution in [0.15, 0.2) is 48.1 Å². The highest BCUT2D eigenvalue weighted by Crippen LogP contribution is 2.38. The number of hydrogen-bond donors (Lipinski definition) is 0. The van der Waals surface area contributed by atoms with Crippen LogP contribution in [0.3, 0.4) is 0 Å². The predicted octanol–water partition coefficient (Wildman–Crippen LogP) is 3.12. The van der Waals surface area contributed by atoms with Crippen molar-refractivity contribution in [3.63, 3.8) is 0 Å². The molecular formula is C13H8. The molecule has 0 bridgehead atoms. The summed E-state index contributed by atoms with van der Waals surface area (Å²) in [5, 5.41) is 0. The van der Waals surface area contributed by atoms with Gasteiger partial charge in [0.05, 0.1) is 0 Å². The number of rotatable bonds is 0. The van der Waals surface area contributed by atoms with Crippen molar-refractivity contribution >= 4 is 11.6 Å². The molecule has 0 fully saturated rings. The van der Waals surface area contributed by atoms with Gasteiger partial charge in [-0.2, -0.15) is 0 Å². The smallest absolute Gasteiger partial charge is 0.0429 e. The van der Waals surface area contributed by atoms with Gasteiger partial charge >= 0.3 is 0 Å². The molecule has 2 aliphatic rings. The van der Waals surface area contributed by atoms with Crippen LogP contribution in [-0.2, 0) is 0 Å². The van der Waals surface area contributed by atoms with Gasteiger partial charge in [0.25, 0.3) is 0 Å². The second kappa shape index (κ2) is 2.46. The first-order valence-electron chi connectivity index (χ1n) is 4.40. The standard InChI is InChI=1S/C13H8/c1-3-7-12-10(5-1)9-11-6-2-4-8-13(11)12/h1-5,7-9H. The molecule has 0 saturated carbocycles. The first-order valence-corrected chi connectivity index (χ1v) is 4.40. The van der Waals surface area contributed by atoms with Gasteiger partial charge in [-0.1, -0.05) is 42.5 Å². The van der Waals surface area contributed by atoms with Crippen molar-refractivity contribution in [1.29, 1.82) is 0 Å². The Labute approximate surface area is 77.9 Å². The fraction of sp³-hybridized carbons (Fsp3) is 0. The average Bonchev–Trinajstić information content (AvgIpc) is 2.56. The van der Waals surface area contributed by atoms with E-state index in [4.69, 9.17) is 0 Å². The van der Waals surface area contributed by atoms with Crippen LogP contribution in [0.5, 0.6) is 0 Å². The maximum Gasteiger partial charge on any atom is 0.0429 e. The molecule has 3 rings (SSSR count). The van der Waals surface area contributed by atoms with E-state index in [-0.39, 0.29) is 0 Å². The van der Waals surface area contributed by atoms with Crippen molar-refractivity contribution in [3.05, 3.63) is 65.6 Å². The van der Waals surface area contributed by atoms with Crippen molar-refractivity contribution in [2.24, 2.45) is 0 Å². The Balaban J connectivity index is 2.26. The number of benzene rings is 1. The van der Waals surface area contributed by atoms with Gasteiger partial charge in [0.1, 0.15) is 0 Å². The van der Waals surface area contributed by atoms with E-state index < -0.39 is 0 Å². The van der Waals surface area contributed by atoms with Crippen molar-refractivity contribution < 1.29 is 0 Å². The minimum Gasteiger partial charge on any atom is -0.0714 e. The topological polar surface area (TPSA) is 0 Å². The Morgan fingerprint density at radius 2 is 2.00 bits per heavy atom. The van der Waals surface area contributed by atoms with Gasteiger partial charge in [-0.05, 0) is 28.3 Å². The molecule has 0 atom stereocenters. The molecule has 0 N–H and O–H groups in total. The monoisotopic (exact) mass is 164 g/mol. The third-order valence-corrected chi connectivity index (χ3v) is 2.44. The summed E-state index contributed by atoms with van der Waals surface area (Å²) in [5.41, 5.74) is 5.15. The van der Waals surface area contributed by atoms with E-state index in [0.29, 0.717) is 0 Å². The summed E-state index contributed by atoms with van der Waals surface area (Å²) in [6.45, 7) is 0. The Bertz CT molecular complexity index is 445. The molecule has 0 spiro atoms. The minimum absolute atomic E-state index is 1.21. The fourth-order valence-corrected chi connectivity index (χ4v) is 1.83. The third-order valence-electron chi connectivity index (χ3n) is 2.44. The lowest BCUT2D eigenvalue weighted by molar-refractivity contribution is 1.56. The Morgan fingerprint density at radius 3 is 3.00 bits per heavy atom. The molecule has 1 aromatic rings. The predicted molar refractivity (Wildman–Crippen MR) is 54.8 cm³/mol. The summed E-state index contributed by atoms with van der Waals surface area (Å²) in [7, 11) is 0. The molecule has 2 aliphatic carbocycles. The zero-order valence-electron chi connectivity index (χ0n) is 7.12. The van der Waals surface area contributed by atoms with Crippen molar-refractivity contribution in [3.8, 4) is 0 Å². The van der Waals surface area contributed by atoms with E-state index in [1.807, 2.05) is 12.2 Å². The summed E-state index contributed by atoms with van der Waals surface area (Å²) >= 11 is 0. The summed E-state index contributed by atoms with van der Waals surface area (Å²) in [6, 6.07) is 8.45. The quantitative estimate of drug-likeness (QED) is 0.552. The maximum atomic E-state index is 3.24. The Kier molecular flexibility index (Phi) is 1.31. The lowest BCUT2D eigenvalue weighted by atomic mass is 9.97. The van der Waals surface area contributed by atoms with Gasteiger partial charge in [-0.15, -0.1) is 0 Å². The third kappa shape index (κ3) is 0.919. The molecule has 2 radical (unpaired) electrons. The average molecular weight is 164 g/mol. The zero-order valence-corrected chi connectivity index (χ0v) is 7.12. The van der Waals surface area contributed by atoms with Crippen molar-refractivity contribution in [2.45, 2.75) is 0 Å². The highest BCUT2D eigenvalue weighted by molar-refractivity contribution is 5.97. The van der Waals surface area contributed by atoms with Crippen LogP contribution in [0.2, 0.25) is 0 Å². The summed E-state index contributed by atoms with van der Waals surface area (Å²) in [5.74, 6) is 0. The first-order chi connectivity index (χ1) is 6.45. The summed E-state index contributed by atoms with van der Waals surface area (Å²) < 4.78 is 0. The van der Waals surface area contributed by atoms with Crippen LogP contribution in [-0.4, -0.2) is 0 Å². The second-order valence-electron chi connectivity index (χ2n) is 3.23. The number of fused-ring (bicyclic) bond motifs is 3. The fourth-order valence-electron chi connectivity index (χ4n) is 1.83. The van der Waals surface area contributed by atoms with Gasteiger partial charge in [-0.25, -0.2) is 0 Å². The largest absolute Gasteiger partial charge is 0.0714 e. The SMILES string of the molecule is [C]1C=CC=C2C1=Cc1ccccc12. The molecular weight excluding hydrogens is 156 g/mol. The Hall–Kier alpha value is -1.56. The molecule has 60 valence electrons. The van der Waals surface area contributed by atoms with E-state index in [9.17, 15) is 0 Å². The van der Waals surface area contributed by atoms with Gasteiger partial charge in [0.2, 0.25) is 0 Å². The van der Waals surface area contributed by atoms with Crippen LogP contribution >= 0.6 is 0 Å². The maximum absolute atomic E-state index is 3.24. The van der Waals surface area contributed by atoms with E-state index in [1.54, 1.807) is 0 Å². The molecule has 0 heteroatoms. The van der Waals surface area contributed by atoms with E-state index in [1.165, 1.54) is 22.3 Å². The number of hydrogen-bond acceptors (Lipinski definition) is 0. The van der Waals surface area contributed by atoms with E-state index >= 15 is 0 Å². The second-order valence-corrected chi connectivity index (χ2v) is 3.23.